The molecule has 1 aliphatic rings. The molecule has 0 aliphatic heterocycles. The topological polar surface area (TPSA) is 58.5 Å². The van der Waals surface area contributed by atoms with Crippen LogP contribution in [0.4, 0.5) is 11.4 Å². The van der Waals surface area contributed by atoms with Gasteiger partial charge < -0.3 is 5.32 Å². The van der Waals surface area contributed by atoms with E-state index >= 15 is 0 Å². The molecule has 1 amide bonds. The average molecular weight is 679 g/mol. The van der Waals surface area contributed by atoms with E-state index < -0.39 is 22.1 Å². The van der Waals surface area contributed by atoms with E-state index in [-0.39, 0.29) is 22.8 Å². The SMILES string of the molecule is Cc1cc(N=Cc2ccc(Cl)cc2)ccc1CC(=O)c1cc(NC(=O)C2C(c3cc(Cl)cc(Cl)c3)C2(Cl)Cl)ccc1Cl. The maximum atomic E-state index is 13.3. The molecule has 2 unspecified atom stereocenters. The lowest BCUT2D eigenvalue weighted by Gasteiger charge is -2.11. The number of carbonyl (C=O) groups excluding carboxylic acids is 2. The Bertz CT molecular complexity index is 1700. The van der Waals surface area contributed by atoms with Crippen LogP contribution in [0.25, 0.3) is 0 Å². The van der Waals surface area contributed by atoms with Gasteiger partial charge in [0.05, 0.1) is 16.6 Å². The second-order valence-corrected chi connectivity index (χ2v) is 13.2. The number of halogens is 6. The summed E-state index contributed by atoms with van der Waals surface area (Å²) in [7, 11) is 0. The number of Topliss-reactive ketones (excluding diaryl/α,β-unsaturated/α-hetero) is 1. The molecule has 4 nitrogen and oxygen atoms in total. The molecule has 214 valence electrons. The third-order valence-electron chi connectivity index (χ3n) is 7.02. The minimum Gasteiger partial charge on any atom is -0.326 e. The zero-order chi connectivity index (χ0) is 30.2. The highest BCUT2D eigenvalue weighted by molar-refractivity contribution is 6.53. The summed E-state index contributed by atoms with van der Waals surface area (Å²) < 4.78 is -1.33. The Morgan fingerprint density at radius 2 is 1.55 bits per heavy atom. The number of ketones is 1. The third-order valence-corrected chi connectivity index (χ3v) is 8.98. The number of carbonyl (C=O) groups is 2. The monoisotopic (exact) mass is 676 g/mol. The van der Waals surface area contributed by atoms with Crippen LogP contribution in [0.2, 0.25) is 20.1 Å². The molecular weight excluding hydrogens is 657 g/mol. The van der Waals surface area contributed by atoms with E-state index in [1.165, 1.54) is 0 Å². The summed E-state index contributed by atoms with van der Waals surface area (Å²) in [6.45, 7) is 1.92. The number of benzene rings is 4. The van der Waals surface area contributed by atoms with Crippen molar-refractivity contribution in [3.8, 4) is 0 Å². The number of anilines is 1. The molecule has 1 aliphatic carbocycles. The largest absolute Gasteiger partial charge is 0.326 e. The van der Waals surface area contributed by atoms with Crippen molar-refractivity contribution in [2.75, 3.05) is 5.32 Å². The number of nitrogens with zero attached hydrogens (tertiary/aromatic N) is 1. The summed E-state index contributed by atoms with van der Waals surface area (Å²) in [6, 6.07) is 22.7. The molecule has 0 heterocycles. The second kappa shape index (κ2) is 12.6. The number of amides is 1. The number of hydrogen-bond acceptors (Lipinski definition) is 3. The predicted molar refractivity (Wildman–Crippen MR) is 175 cm³/mol. The first-order valence-corrected chi connectivity index (χ1v) is 15.1. The van der Waals surface area contributed by atoms with Crippen LogP contribution in [0.15, 0.2) is 83.9 Å². The Hall–Kier alpha value is -2.57. The van der Waals surface area contributed by atoms with Gasteiger partial charge in [0, 0.05) is 44.9 Å². The van der Waals surface area contributed by atoms with Gasteiger partial charge in [-0.25, -0.2) is 0 Å². The van der Waals surface area contributed by atoms with Gasteiger partial charge in [-0.05, 0) is 89.8 Å². The van der Waals surface area contributed by atoms with E-state index in [2.05, 4.69) is 10.3 Å². The summed E-state index contributed by atoms with van der Waals surface area (Å²) in [4.78, 5) is 31.0. The minimum absolute atomic E-state index is 0.122. The van der Waals surface area contributed by atoms with Crippen molar-refractivity contribution in [3.63, 3.8) is 0 Å². The lowest BCUT2D eigenvalue weighted by Crippen LogP contribution is -2.17. The highest BCUT2D eigenvalue weighted by Crippen LogP contribution is 2.65. The molecule has 0 bridgehead atoms. The molecule has 0 radical (unpaired) electrons. The number of rotatable bonds is 8. The molecule has 5 rings (SSSR count). The van der Waals surface area contributed by atoms with E-state index in [0.717, 1.165) is 22.4 Å². The first-order valence-electron chi connectivity index (χ1n) is 12.8. The van der Waals surface area contributed by atoms with E-state index in [9.17, 15) is 9.59 Å². The number of nitrogens with one attached hydrogen (secondary N) is 1. The lowest BCUT2D eigenvalue weighted by atomic mass is 9.98. The molecule has 10 heteroatoms. The van der Waals surface area contributed by atoms with Crippen LogP contribution in [0.1, 0.15) is 38.5 Å². The summed E-state index contributed by atoms with van der Waals surface area (Å²) in [5.74, 6) is -1.83. The van der Waals surface area contributed by atoms with Crippen LogP contribution in [0.3, 0.4) is 0 Å². The van der Waals surface area contributed by atoms with Crippen molar-refractivity contribution in [2.24, 2.45) is 10.9 Å². The summed E-state index contributed by atoms with van der Waals surface area (Å²) in [6.07, 6.45) is 1.87. The van der Waals surface area contributed by atoms with Crippen LogP contribution >= 0.6 is 69.6 Å². The first-order chi connectivity index (χ1) is 19.9. The maximum absolute atomic E-state index is 13.3. The van der Waals surface area contributed by atoms with E-state index in [0.29, 0.717) is 26.3 Å². The summed E-state index contributed by atoms with van der Waals surface area (Å²) in [5, 5.41) is 4.60. The normalized spacial score (nSPS) is 17.3. The van der Waals surface area contributed by atoms with Gasteiger partial charge in [-0.3, -0.25) is 14.6 Å². The molecule has 1 N–H and O–H groups in total. The van der Waals surface area contributed by atoms with Crippen LogP contribution in [0, 0.1) is 12.8 Å². The summed E-state index contributed by atoms with van der Waals surface area (Å²) >= 11 is 37.5. The van der Waals surface area contributed by atoms with Gasteiger partial charge in [-0.2, -0.15) is 0 Å². The van der Waals surface area contributed by atoms with Gasteiger partial charge >= 0.3 is 0 Å². The van der Waals surface area contributed by atoms with Crippen LogP contribution in [0.5, 0.6) is 0 Å². The van der Waals surface area contributed by atoms with Gasteiger partial charge in [-0.15, -0.1) is 23.2 Å². The number of aryl methyl sites for hydroxylation is 1. The molecule has 42 heavy (non-hydrogen) atoms. The molecule has 2 atom stereocenters. The molecule has 1 saturated carbocycles. The average Bonchev–Trinajstić information content (AvgIpc) is 3.52. The summed E-state index contributed by atoms with van der Waals surface area (Å²) in [5.41, 5.74) is 4.79. The van der Waals surface area contributed by atoms with Gasteiger partial charge in [-0.1, -0.05) is 64.6 Å². The Morgan fingerprint density at radius 3 is 2.21 bits per heavy atom. The third kappa shape index (κ3) is 6.97. The maximum Gasteiger partial charge on any atom is 0.231 e. The molecule has 0 aromatic heterocycles. The van der Waals surface area contributed by atoms with Crippen molar-refractivity contribution < 1.29 is 9.59 Å². The smallest absolute Gasteiger partial charge is 0.231 e. The Balaban J connectivity index is 1.27. The predicted octanol–water partition coefficient (Wildman–Crippen LogP) is 10.3. The molecule has 4 aromatic carbocycles. The first kappa shape index (κ1) is 30.9. The molecular formula is C32H22Cl6N2O2. The zero-order valence-electron chi connectivity index (χ0n) is 22.0. The second-order valence-electron chi connectivity index (χ2n) is 10.0. The highest BCUT2D eigenvalue weighted by Gasteiger charge is 2.67. The number of hydrogen-bond donors (Lipinski definition) is 1. The minimum atomic E-state index is -1.33. The molecule has 1 fully saturated rings. The molecule has 0 spiro atoms. The van der Waals surface area contributed by atoms with Crippen LogP contribution in [-0.2, 0) is 11.2 Å². The van der Waals surface area contributed by atoms with Gasteiger partial charge in [0.1, 0.15) is 4.33 Å². The Kier molecular flexibility index (Phi) is 9.24. The molecule has 0 saturated heterocycles. The van der Waals surface area contributed by atoms with Crippen LogP contribution < -0.4 is 5.32 Å². The quantitative estimate of drug-likeness (QED) is 0.115. The van der Waals surface area contributed by atoms with Gasteiger partial charge in [0.15, 0.2) is 5.78 Å². The fourth-order valence-electron chi connectivity index (χ4n) is 4.78. The number of alkyl halides is 2. The van der Waals surface area contributed by atoms with E-state index in [4.69, 9.17) is 69.6 Å². The van der Waals surface area contributed by atoms with Gasteiger partial charge in [0.2, 0.25) is 5.91 Å². The Labute approximate surface area is 273 Å². The lowest BCUT2D eigenvalue weighted by molar-refractivity contribution is -0.117. The fraction of sp³-hybridized carbons (Fsp3) is 0.156. The van der Waals surface area contributed by atoms with Crippen molar-refractivity contribution in [2.45, 2.75) is 23.6 Å². The van der Waals surface area contributed by atoms with Gasteiger partial charge in [0.25, 0.3) is 0 Å². The van der Waals surface area contributed by atoms with Crippen molar-refractivity contribution in [1.29, 1.82) is 0 Å². The standard InChI is InChI=1S/C32H22Cl6N2O2/c1-17-10-24(39-16-18-2-5-21(33)6-3-18)7-4-19(17)13-28(41)26-15-25(8-9-27(26)36)40-31(42)30-29(32(30,37)38)20-11-22(34)14-23(35)12-20/h2-12,14-16,29-30H,13H2,1H3,(H,40,42). The van der Waals surface area contributed by atoms with Crippen molar-refractivity contribution in [3.05, 3.63) is 127 Å². The number of aliphatic imine (C=N–C) groups is 1. The Morgan fingerprint density at radius 1 is 0.857 bits per heavy atom. The van der Waals surface area contributed by atoms with Crippen molar-refractivity contribution in [1.82, 2.24) is 0 Å². The highest BCUT2D eigenvalue weighted by atomic mass is 35.5. The van der Waals surface area contributed by atoms with Crippen LogP contribution in [-0.4, -0.2) is 22.2 Å². The van der Waals surface area contributed by atoms with Crippen molar-refractivity contribution >= 4 is 98.9 Å². The fourth-order valence-corrected chi connectivity index (χ4v) is 6.50. The molecule has 4 aromatic rings. The van der Waals surface area contributed by atoms with E-state index in [1.807, 2.05) is 37.3 Å². The zero-order valence-corrected chi connectivity index (χ0v) is 26.5. The van der Waals surface area contributed by atoms with E-state index in [1.54, 1.807) is 54.7 Å².